The van der Waals surface area contributed by atoms with E-state index in [0.29, 0.717) is 6.61 Å². The van der Waals surface area contributed by atoms with Crippen molar-refractivity contribution in [2.45, 2.75) is 30.6 Å². The Kier molecular flexibility index (Phi) is 5.98. The zero-order chi connectivity index (χ0) is 12.0. The summed E-state index contributed by atoms with van der Waals surface area (Å²) in [4.78, 5) is -0.358. The van der Waals surface area contributed by atoms with E-state index in [4.69, 9.17) is 4.74 Å². The van der Waals surface area contributed by atoms with Gasteiger partial charge in [0.1, 0.15) is 0 Å². The largest absolute Gasteiger partial charge is 0.392 e. The monoisotopic (exact) mass is 288 g/mol. The molecule has 0 heterocycles. The zero-order valence-corrected chi connectivity index (χ0v) is 10.8. The molecule has 3 atom stereocenters. The molecule has 90 valence electrons. The predicted octanol–water partition coefficient (Wildman–Crippen LogP) is 1.71. The summed E-state index contributed by atoms with van der Waals surface area (Å²) >= 11 is 3.21. The van der Waals surface area contributed by atoms with Gasteiger partial charge in [-0.2, -0.15) is 0 Å². The molecular weight excluding hydrogens is 272 g/mol. The van der Waals surface area contributed by atoms with Gasteiger partial charge in [0, 0.05) is 0 Å². The fourth-order valence-corrected chi connectivity index (χ4v) is 1.44. The van der Waals surface area contributed by atoms with Gasteiger partial charge < -0.3 is 14.9 Å². The average Bonchev–Trinajstić information content (AvgIpc) is 2.29. The lowest BCUT2D eigenvalue weighted by atomic mass is 10.2. The van der Waals surface area contributed by atoms with Crippen LogP contribution in [0, 0.1) is 0 Å². The van der Waals surface area contributed by atoms with Crippen molar-refractivity contribution in [2.24, 2.45) is 0 Å². The van der Waals surface area contributed by atoms with E-state index in [9.17, 15) is 10.2 Å². The fourth-order valence-electron chi connectivity index (χ4n) is 1.29. The van der Waals surface area contributed by atoms with E-state index in [1.54, 1.807) is 6.92 Å². The molecule has 0 bridgehead atoms. The lowest BCUT2D eigenvalue weighted by Gasteiger charge is -2.19. The summed E-state index contributed by atoms with van der Waals surface area (Å²) in [5.74, 6) is 0. The van der Waals surface area contributed by atoms with Gasteiger partial charge in [-0.15, -0.1) is 0 Å². The predicted molar refractivity (Wildman–Crippen MR) is 66.5 cm³/mol. The molecule has 2 N–H and O–H groups in total. The number of alkyl halides is 1. The molecule has 0 aliphatic heterocycles. The second kappa shape index (κ2) is 7.01. The molecule has 1 aromatic rings. The van der Waals surface area contributed by atoms with Gasteiger partial charge in [-0.3, -0.25) is 0 Å². The first-order valence-corrected chi connectivity index (χ1v) is 6.14. The highest BCUT2D eigenvalue weighted by molar-refractivity contribution is 9.09. The number of hydrogen-bond acceptors (Lipinski definition) is 3. The first-order chi connectivity index (χ1) is 7.61. The van der Waals surface area contributed by atoms with Crippen LogP contribution < -0.4 is 0 Å². The van der Waals surface area contributed by atoms with Crippen LogP contribution in [-0.2, 0) is 11.3 Å². The number of benzene rings is 1. The van der Waals surface area contributed by atoms with Crippen LogP contribution in [0.5, 0.6) is 0 Å². The number of aliphatic hydroxyl groups excluding tert-OH is 2. The highest BCUT2D eigenvalue weighted by Crippen LogP contribution is 2.12. The van der Waals surface area contributed by atoms with Gasteiger partial charge in [-0.25, -0.2) is 0 Å². The van der Waals surface area contributed by atoms with Crippen LogP contribution >= 0.6 is 15.9 Å². The van der Waals surface area contributed by atoms with Crippen LogP contribution in [0.4, 0.5) is 0 Å². The van der Waals surface area contributed by atoms with Crippen molar-refractivity contribution < 1.29 is 14.9 Å². The van der Waals surface area contributed by atoms with Crippen LogP contribution in [0.2, 0.25) is 0 Å². The van der Waals surface area contributed by atoms with Crippen LogP contribution in [0.25, 0.3) is 0 Å². The van der Waals surface area contributed by atoms with Crippen LogP contribution in [-0.4, -0.2) is 33.9 Å². The number of rotatable bonds is 6. The molecule has 1 rings (SSSR count). The SMILES string of the molecule is C[C@@H](O)[C@@H](Br)[C@H](O)COCc1ccccc1. The van der Waals surface area contributed by atoms with E-state index in [1.165, 1.54) is 0 Å². The molecule has 0 aliphatic carbocycles. The summed E-state index contributed by atoms with van der Waals surface area (Å²) in [5, 5.41) is 18.9. The molecule has 0 aromatic heterocycles. The van der Waals surface area contributed by atoms with Crippen molar-refractivity contribution in [3.63, 3.8) is 0 Å². The molecule has 0 saturated carbocycles. The second-order valence-corrected chi connectivity index (χ2v) is 4.81. The van der Waals surface area contributed by atoms with Gasteiger partial charge in [0.2, 0.25) is 0 Å². The third-order valence-electron chi connectivity index (χ3n) is 2.23. The van der Waals surface area contributed by atoms with Gasteiger partial charge in [0.05, 0.1) is 30.2 Å². The smallest absolute Gasteiger partial charge is 0.0923 e. The number of halogens is 1. The minimum Gasteiger partial charge on any atom is -0.392 e. The van der Waals surface area contributed by atoms with E-state index >= 15 is 0 Å². The molecule has 0 radical (unpaired) electrons. The van der Waals surface area contributed by atoms with Gasteiger partial charge in [-0.05, 0) is 12.5 Å². The Morgan fingerprint density at radius 3 is 2.44 bits per heavy atom. The maximum atomic E-state index is 9.63. The zero-order valence-electron chi connectivity index (χ0n) is 9.21. The third-order valence-corrected chi connectivity index (χ3v) is 3.60. The molecule has 0 amide bonds. The van der Waals surface area contributed by atoms with Crippen molar-refractivity contribution in [1.82, 2.24) is 0 Å². The molecule has 0 saturated heterocycles. The maximum absolute atomic E-state index is 9.63. The van der Waals surface area contributed by atoms with Crippen molar-refractivity contribution in [2.75, 3.05) is 6.61 Å². The Balaban J connectivity index is 2.25. The van der Waals surface area contributed by atoms with Gasteiger partial charge in [0.15, 0.2) is 0 Å². The molecule has 0 aliphatic rings. The number of hydrogen-bond donors (Lipinski definition) is 2. The Morgan fingerprint density at radius 2 is 1.88 bits per heavy atom. The highest BCUT2D eigenvalue weighted by Gasteiger charge is 2.20. The standard InChI is InChI=1S/C12H17BrO3/c1-9(14)12(13)11(15)8-16-7-10-5-3-2-4-6-10/h2-6,9,11-12,14-15H,7-8H2,1H3/t9-,11-,12-/m1/s1. The molecule has 4 heteroatoms. The van der Waals surface area contributed by atoms with Gasteiger partial charge in [-0.1, -0.05) is 46.3 Å². The van der Waals surface area contributed by atoms with Crippen molar-refractivity contribution >= 4 is 15.9 Å². The fraction of sp³-hybridized carbons (Fsp3) is 0.500. The quantitative estimate of drug-likeness (QED) is 0.784. The van der Waals surface area contributed by atoms with E-state index < -0.39 is 12.2 Å². The lowest BCUT2D eigenvalue weighted by Crippen LogP contribution is -2.33. The first-order valence-electron chi connectivity index (χ1n) is 5.23. The van der Waals surface area contributed by atoms with Crippen molar-refractivity contribution in [1.29, 1.82) is 0 Å². The molecule has 0 fully saturated rings. The summed E-state index contributed by atoms with van der Waals surface area (Å²) in [6, 6.07) is 9.76. The van der Waals surface area contributed by atoms with Crippen LogP contribution in [0.3, 0.4) is 0 Å². The molecular formula is C12H17BrO3. The van der Waals surface area contributed by atoms with E-state index in [1.807, 2.05) is 30.3 Å². The normalized spacial score (nSPS) is 16.8. The molecule has 0 spiro atoms. The second-order valence-electron chi connectivity index (χ2n) is 3.75. The summed E-state index contributed by atoms with van der Waals surface area (Å²) < 4.78 is 5.36. The molecule has 1 aromatic carbocycles. The highest BCUT2D eigenvalue weighted by atomic mass is 79.9. The Hall–Kier alpha value is -0.420. The van der Waals surface area contributed by atoms with Crippen molar-refractivity contribution in [3.05, 3.63) is 35.9 Å². The Labute approximate surface area is 104 Å². The van der Waals surface area contributed by atoms with Gasteiger partial charge >= 0.3 is 0 Å². The van der Waals surface area contributed by atoms with Gasteiger partial charge in [0.25, 0.3) is 0 Å². The van der Waals surface area contributed by atoms with E-state index in [-0.39, 0.29) is 11.4 Å². The topological polar surface area (TPSA) is 49.7 Å². The Morgan fingerprint density at radius 1 is 1.25 bits per heavy atom. The van der Waals surface area contributed by atoms with Crippen LogP contribution in [0.1, 0.15) is 12.5 Å². The maximum Gasteiger partial charge on any atom is 0.0923 e. The molecule has 3 nitrogen and oxygen atoms in total. The molecule has 0 unspecified atom stereocenters. The lowest BCUT2D eigenvalue weighted by molar-refractivity contribution is 0.0103. The number of aliphatic hydroxyl groups is 2. The first kappa shape index (κ1) is 13.6. The summed E-state index contributed by atoms with van der Waals surface area (Å²) in [7, 11) is 0. The summed E-state index contributed by atoms with van der Waals surface area (Å²) in [6.45, 7) is 2.30. The summed E-state index contributed by atoms with van der Waals surface area (Å²) in [6.07, 6.45) is -1.31. The minimum absolute atomic E-state index is 0.204. The van der Waals surface area contributed by atoms with E-state index in [2.05, 4.69) is 15.9 Å². The van der Waals surface area contributed by atoms with Crippen LogP contribution in [0.15, 0.2) is 30.3 Å². The summed E-state index contributed by atoms with van der Waals surface area (Å²) in [5.41, 5.74) is 1.07. The minimum atomic E-state index is -0.705. The Bertz CT molecular complexity index is 290. The molecule has 16 heavy (non-hydrogen) atoms. The van der Waals surface area contributed by atoms with E-state index in [0.717, 1.165) is 5.56 Å². The van der Waals surface area contributed by atoms with Crippen molar-refractivity contribution in [3.8, 4) is 0 Å². The number of ether oxygens (including phenoxy) is 1. The average molecular weight is 289 g/mol. The third kappa shape index (κ3) is 4.61.